The van der Waals surface area contributed by atoms with Crippen LogP contribution in [0.2, 0.25) is 10.0 Å². The second-order valence-corrected chi connectivity index (χ2v) is 36.6. The number of aliphatic hydroxyl groups excluding tert-OH is 1. The summed E-state index contributed by atoms with van der Waals surface area (Å²) in [6, 6.07) is 43.2. The highest BCUT2D eigenvalue weighted by Crippen LogP contribution is 2.47. The highest BCUT2D eigenvalue weighted by molar-refractivity contribution is 7.17. The van der Waals surface area contributed by atoms with E-state index >= 15 is 9.59 Å². The predicted octanol–water partition coefficient (Wildman–Crippen LogP) is 18.4. The Morgan fingerprint density at radius 2 is 1.03 bits per heavy atom. The van der Waals surface area contributed by atoms with Gasteiger partial charge in [0.1, 0.15) is 30.9 Å². The zero-order chi connectivity index (χ0) is 81.5. The molecule has 4 aliphatic heterocycles. The molecule has 16 rings (SSSR count). The van der Waals surface area contributed by atoms with Gasteiger partial charge in [0.25, 0.3) is 0 Å². The molecule has 6 heterocycles. The van der Waals surface area contributed by atoms with Gasteiger partial charge in [0.2, 0.25) is 17.7 Å². The third-order valence-corrected chi connectivity index (χ3v) is 27.7. The van der Waals surface area contributed by atoms with Crippen LogP contribution in [-0.2, 0) is 65.6 Å². The van der Waals surface area contributed by atoms with E-state index in [1.54, 1.807) is 44.6 Å². The number of rotatable bonds is 33. The third kappa shape index (κ3) is 19.9. The molecular formula is C95H108Cl2N6O13S2. The molecule has 2 spiro atoms. The fourth-order valence-corrected chi connectivity index (χ4v) is 21.2. The van der Waals surface area contributed by atoms with Gasteiger partial charge >= 0.3 is 6.09 Å². The number of alkyl carbamates (subject to hydrolysis) is 1. The summed E-state index contributed by atoms with van der Waals surface area (Å²) in [6.45, 7) is 4.26. The quantitative estimate of drug-likeness (QED) is 0.0347. The lowest BCUT2D eigenvalue weighted by Crippen LogP contribution is -2.53. The number of hydrogen-bond acceptors (Lipinski definition) is 17. The van der Waals surface area contributed by atoms with Crippen LogP contribution in [0.1, 0.15) is 202 Å². The minimum Gasteiger partial charge on any atom is -0.449 e. The predicted molar refractivity (Wildman–Crippen MR) is 464 cm³/mol. The molecule has 19 nitrogen and oxygen atoms in total. The number of fused-ring (bicyclic) bond motifs is 5. The summed E-state index contributed by atoms with van der Waals surface area (Å²) >= 11 is 15.9. The van der Waals surface area contributed by atoms with Crippen molar-refractivity contribution in [2.24, 2.45) is 39.9 Å². The molecule has 8 aromatic rings. The smallest absolute Gasteiger partial charge is 0.407 e. The SMILES string of the molecule is C.CCC[C@@H](CC(=O)[C@@H]1C[C@]2(CC(c3cccc(Cl)c3)=NO2)CN1C(=O)[C@H](Cc1csc2ccccc12)NC(=O)CC1CCCCC1)C(O)C(=O)CC1CC1.CCC[C@@H](CC(=O)[C@@H]1C[C@]2(CC(c3cccc(Cl)c3)=NO2)CN1C(=O)[C@H](Cc1csc2ccccc12)NC(=O)OCC1c2ccccc2-c2ccccc21)C(OC)C(=O)CC1CC1. The van der Waals surface area contributed by atoms with Crippen molar-refractivity contribution in [3.8, 4) is 11.1 Å². The first kappa shape index (κ1) is 85.5. The number of nitrogens with zero attached hydrogens (tertiary/aromatic N) is 4. The fourth-order valence-electron chi connectivity index (χ4n) is 18.9. The minimum atomic E-state index is -1.23. The van der Waals surface area contributed by atoms with Gasteiger partial charge < -0.3 is 44.7 Å². The molecule has 2 aromatic heterocycles. The van der Waals surface area contributed by atoms with Gasteiger partial charge in [0.15, 0.2) is 34.3 Å². The summed E-state index contributed by atoms with van der Waals surface area (Å²) in [5.41, 5.74) is 7.25. The third-order valence-electron chi connectivity index (χ3n) is 25.2. The normalized spacial score (nSPS) is 21.5. The van der Waals surface area contributed by atoms with Gasteiger partial charge in [-0.15, -0.1) is 22.7 Å². The molecule has 2 unspecified atom stereocenters. The Kier molecular flexibility index (Phi) is 27.7. The highest BCUT2D eigenvalue weighted by Gasteiger charge is 2.57. The van der Waals surface area contributed by atoms with Crippen LogP contribution in [-0.4, -0.2) is 148 Å². The second kappa shape index (κ2) is 38.2. The van der Waals surface area contributed by atoms with E-state index < -0.39 is 65.5 Å². The zero-order valence-electron chi connectivity index (χ0n) is 66.7. The largest absolute Gasteiger partial charge is 0.449 e. The molecule has 622 valence electrons. The van der Waals surface area contributed by atoms with Crippen molar-refractivity contribution in [2.75, 3.05) is 26.8 Å². The summed E-state index contributed by atoms with van der Waals surface area (Å²) in [6.07, 6.45) is 12.1. The van der Waals surface area contributed by atoms with Gasteiger partial charge in [0.05, 0.1) is 36.6 Å². The van der Waals surface area contributed by atoms with Gasteiger partial charge in [-0.2, -0.15) is 0 Å². The van der Waals surface area contributed by atoms with Crippen molar-refractivity contribution in [3.63, 3.8) is 0 Å². The molecule has 23 heteroatoms. The Balaban J connectivity index is 0.000000195. The highest BCUT2D eigenvalue weighted by atomic mass is 35.5. The Morgan fingerprint density at radius 1 is 0.568 bits per heavy atom. The first-order chi connectivity index (χ1) is 56.7. The number of methoxy groups -OCH3 is 1. The lowest BCUT2D eigenvalue weighted by atomic mass is 9.84. The molecule has 0 radical (unpaired) electrons. The van der Waals surface area contributed by atoms with Gasteiger partial charge in [-0.05, 0) is 172 Å². The number of carbonyl (C=O) groups is 8. The summed E-state index contributed by atoms with van der Waals surface area (Å²) < 4.78 is 14.0. The number of thiophene rings is 2. The fraction of sp³-hybridized carbons (Fsp3) is 0.474. The average Bonchev–Trinajstić information content (AvgIpc) is 1.61. The molecule has 4 amide bonds. The molecule has 2 saturated heterocycles. The van der Waals surface area contributed by atoms with Gasteiger partial charge in [-0.25, -0.2) is 4.79 Å². The van der Waals surface area contributed by atoms with Crippen LogP contribution in [0.5, 0.6) is 0 Å². The van der Waals surface area contributed by atoms with E-state index in [0.717, 1.165) is 122 Å². The maximum absolute atomic E-state index is 15.3. The van der Waals surface area contributed by atoms with Crippen molar-refractivity contribution in [2.45, 2.75) is 229 Å². The number of amides is 4. The Morgan fingerprint density at radius 3 is 1.53 bits per heavy atom. The molecule has 10 atom stereocenters. The lowest BCUT2D eigenvalue weighted by molar-refractivity contribution is -0.142. The topological polar surface area (TPSA) is 249 Å². The summed E-state index contributed by atoms with van der Waals surface area (Å²) in [4.78, 5) is 130. The minimum absolute atomic E-state index is 0. The van der Waals surface area contributed by atoms with Crippen LogP contribution in [0, 0.1) is 29.6 Å². The Hall–Kier alpha value is -8.96. The number of likely N-dealkylation sites (tertiary alicyclic amines) is 2. The van der Waals surface area contributed by atoms with Crippen LogP contribution in [0.25, 0.3) is 31.3 Å². The van der Waals surface area contributed by atoms with E-state index in [-0.39, 0.29) is 112 Å². The number of oxime groups is 2. The van der Waals surface area contributed by atoms with E-state index in [1.165, 1.54) is 13.5 Å². The van der Waals surface area contributed by atoms with Crippen molar-refractivity contribution in [3.05, 3.63) is 200 Å². The van der Waals surface area contributed by atoms with E-state index in [9.17, 15) is 33.9 Å². The molecule has 118 heavy (non-hydrogen) atoms. The maximum Gasteiger partial charge on any atom is 0.407 e. The molecule has 3 saturated carbocycles. The number of ketones is 4. The van der Waals surface area contributed by atoms with Crippen LogP contribution in [0.3, 0.4) is 0 Å². The molecule has 5 fully saturated rings. The Bertz CT molecular complexity index is 5020. The molecule has 6 aromatic carbocycles. The van der Waals surface area contributed by atoms with E-state index in [2.05, 4.69) is 45.2 Å². The van der Waals surface area contributed by atoms with Crippen molar-refractivity contribution in [1.29, 1.82) is 0 Å². The molecule has 0 bridgehead atoms. The van der Waals surface area contributed by atoms with Crippen molar-refractivity contribution in [1.82, 2.24) is 20.4 Å². The number of aliphatic hydroxyl groups is 1. The van der Waals surface area contributed by atoms with Crippen LogP contribution in [0.4, 0.5) is 4.79 Å². The molecule has 3 N–H and O–H groups in total. The number of carbonyl (C=O) groups excluding carboxylic acids is 8. The number of halogens is 2. The number of hydrogen-bond donors (Lipinski definition) is 3. The van der Waals surface area contributed by atoms with Crippen LogP contribution in [0.15, 0.2) is 167 Å². The van der Waals surface area contributed by atoms with Crippen molar-refractivity contribution >= 4 is 124 Å². The number of ether oxygens (including phenoxy) is 2. The number of Topliss-reactive ketones (excluding diaryl/α,β-unsaturated/α-hetero) is 4. The summed E-state index contributed by atoms with van der Waals surface area (Å²) in [5, 5.41) is 33.5. The summed E-state index contributed by atoms with van der Waals surface area (Å²) in [5.74, 6) is -1.57. The van der Waals surface area contributed by atoms with Gasteiger partial charge in [0, 0.05) is 114 Å². The second-order valence-electron chi connectivity index (χ2n) is 33.9. The van der Waals surface area contributed by atoms with E-state index in [0.29, 0.717) is 90.6 Å². The zero-order valence-corrected chi connectivity index (χ0v) is 69.9. The number of benzene rings is 6. The molecule has 8 aliphatic rings. The van der Waals surface area contributed by atoms with Gasteiger partial charge in [-0.1, -0.05) is 196 Å². The van der Waals surface area contributed by atoms with Crippen LogP contribution < -0.4 is 10.6 Å². The van der Waals surface area contributed by atoms with E-state index in [1.807, 2.05) is 134 Å². The van der Waals surface area contributed by atoms with Gasteiger partial charge in [-0.3, -0.25) is 33.6 Å². The van der Waals surface area contributed by atoms with Crippen molar-refractivity contribution < 1.29 is 62.6 Å². The monoisotopic (exact) mass is 1670 g/mol. The first-order valence-corrected chi connectivity index (χ1v) is 44.5. The number of nitrogens with one attached hydrogen (secondary N) is 2. The van der Waals surface area contributed by atoms with E-state index in [4.69, 9.17) is 42.4 Å². The first-order valence-electron chi connectivity index (χ1n) is 42.0. The maximum atomic E-state index is 15.3. The standard InChI is InChI=1S/C51H52ClN3O7S.C43H52ClN3O6S.CH4/c1-3-11-33(48(60-2)46(57)22-31-20-21-31)25-45(56)44-27-51(26-43(54-62-51)32-12-10-13-35(52)23-32)30-55(44)49(58)42(24-34-29-63-47-19-9-8-14-36(34)47)53-50(59)61-28-41-39-17-6-4-15-37(39)38-16-5-7-18-40(38)41;1-2-9-30(41(51)38(49)18-28-16-17-28)22-37(48)36-24-43(23-35(46-53-43)29-12-8-13-32(44)20-29)26-47(36)42(52)34(45-40(50)19-27-10-4-3-5-11-27)21-31-25-54-39-15-7-6-14-33(31)39;/h4-10,12-19,23,29,31,33,41-42,44,48H,3,11,20-22,24-28,30H2,1-2H3,(H,53,59);6-8,12-15,20,25,27-28,30,34,36,41,51H,2-5,9-11,16-19,21-24,26H2,1H3,(H,45,50);1H4/t33-,42-,44-,48?,51+;30-,34-,36-,41?,43+;/m00./s1. The molecular weight excluding hydrogens is 1570 g/mol. The Labute approximate surface area is 709 Å². The summed E-state index contributed by atoms with van der Waals surface area (Å²) in [7, 11) is 1.54. The molecule has 4 aliphatic carbocycles. The average molecular weight is 1680 g/mol. The van der Waals surface area contributed by atoms with Crippen LogP contribution >= 0.6 is 45.9 Å². The lowest BCUT2D eigenvalue weighted by Gasteiger charge is -2.30.